The molecule has 4 aromatic rings. The van der Waals surface area contributed by atoms with Crippen LogP contribution in [0, 0.1) is 53.4 Å². The van der Waals surface area contributed by atoms with Gasteiger partial charge in [-0.25, -0.2) is 0 Å². The molecule has 1 nitrogen and oxygen atoms in total. The fourth-order valence-electron chi connectivity index (χ4n) is 4.31. The van der Waals surface area contributed by atoms with Gasteiger partial charge in [-0.3, -0.25) is 0 Å². The molecule has 0 atom stereocenters. The molecule has 1 heteroatoms. The third-order valence-corrected chi connectivity index (χ3v) is 5.69. The van der Waals surface area contributed by atoms with Gasteiger partial charge >= 0.3 is 0 Å². The highest BCUT2D eigenvalue weighted by molar-refractivity contribution is 6.02. The number of fused-ring (bicyclic) bond motifs is 1. The van der Waals surface area contributed by atoms with Crippen LogP contribution < -0.4 is 0 Å². The van der Waals surface area contributed by atoms with Gasteiger partial charge in [0.25, 0.3) is 0 Å². The summed E-state index contributed by atoms with van der Waals surface area (Å²) in [6.45, 7) is 12.9. The van der Waals surface area contributed by atoms with Crippen molar-refractivity contribution in [2.45, 2.75) is 41.5 Å². The van der Waals surface area contributed by atoms with Gasteiger partial charge in [-0.15, -0.1) is 0 Å². The molecular weight excluding hydrogens is 352 g/mol. The number of rotatable bonds is 1. The summed E-state index contributed by atoms with van der Waals surface area (Å²) < 4.78 is 6.43. The molecule has 1 heterocycles. The van der Waals surface area contributed by atoms with E-state index in [9.17, 15) is 0 Å². The van der Waals surface area contributed by atoms with Crippen molar-refractivity contribution in [2.75, 3.05) is 0 Å². The zero-order valence-corrected chi connectivity index (χ0v) is 18.0. The second kappa shape index (κ2) is 7.30. The number of hydrogen-bond donors (Lipinski definition) is 0. The molecule has 29 heavy (non-hydrogen) atoms. The van der Waals surface area contributed by atoms with Crippen LogP contribution in [0.15, 0.2) is 52.9 Å². The molecule has 0 fully saturated rings. The van der Waals surface area contributed by atoms with Crippen molar-refractivity contribution in [3.8, 4) is 23.0 Å². The fourth-order valence-corrected chi connectivity index (χ4v) is 4.31. The second-order valence-corrected chi connectivity index (χ2v) is 8.04. The molecule has 0 aliphatic rings. The first-order valence-corrected chi connectivity index (χ1v) is 10.1. The fraction of sp³-hybridized carbons (Fsp3) is 0.214. The van der Waals surface area contributed by atoms with Crippen LogP contribution in [-0.4, -0.2) is 0 Å². The third kappa shape index (κ3) is 3.36. The maximum absolute atomic E-state index is 6.43. The zero-order valence-electron chi connectivity index (χ0n) is 18.0. The van der Waals surface area contributed by atoms with Crippen molar-refractivity contribution >= 4 is 11.0 Å². The molecule has 3 aromatic carbocycles. The van der Waals surface area contributed by atoms with Crippen LogP contribution in [0.2, 0.25) is 0 Å². The molecular formula is C28H26O. The first-order chi connectivity index (χ1) is 13.9. The van der Waals surface area contributed by atoms with Crippen LogP contribution in [0.4, 0.5) is 0 Å². The topological polar surface area (TPSA) is 13.1 Å². The molecule has 0 spiro atoms. The minimum Gasteiger partial charge on any atom is -0.447 e. The Morgan fingerprint density at radius 1 is 0.655 bits per heavy atom. The van der Waals surface area contributed by atoms with E-state index in [1.165, 1.54) is 44.3 Å². The normalized spacial score (nSPS) is 10.8. The Labute approximate surface area is 173 Å². The second-order valence-electron chi connectivity index (χ2n) is 8.04. The minimum atomic E-state index is 0.746. The van der Waals surface area contributed by atoms with Gasteiger partial charge in [0, 0.05) is 16.5 Å². The van der Waals surface area contributed by atoms with Gasteiger partial charge in [0.1, 0.15) is 5.58 Å². The van der Waals surface area contributed by atoms with Gasteiger partial charge in [-0.1, -0.05) is 47.9 Å². The number of aryl methyl sites for hydroxylation is 6. The highest BCUT2D eigenvalue weighted by Gasteiger charge is 2.22. The third-order valence-electron chi connectivity index (χ3n) is 5.69. The van der Waals surface area contributed by atoms with Crippen LogP contribution in [0.5, 0.6) is 0 Å². The van der Waals surface area contributed by atoms with E-state index < -0.39 is 0 Å². The summed E-state index contributed by atoms with van der Waals surface area (Å²) in [7, 11) is 0. The molecule has 0 aliphatic carbocycles. The maximum Gasteiger partial charge on any atom is 0.186 e. The molecule has 0 saturated heterocycles. The molecule has 0 amide bonds. The summed E-state index contributed by atoms with van der Waals surface area (Å²) in [5.41, 5.74) is 11.7. The van der Waals surface area contributed by atoms with Crippen molar-refractivity contribution < 1.29 is 4.42 Å². The first kappa shape index (κ1) is 19.1. The highest BCUT2D eigenvalue weighted by atomic mass is 16.3. The van der Waals surface area contributed by atoms with E-state index in [0.717, 1.165) is 22.5 Å². The molecule has 4 rings (SSSR count). The average molecular weight is 379 g/mol. The Morgan fingerprint density at radius 3 is 1.97 bits per heavy atom. The lowest BCUT2D eigenvalue weighted by atomic mass is 9.89. The predicted octanol–water partition coefficient (Wildman–Crippen LogP) is 7.35. The van der Waals surface area contributed by atoms with Crippen molar-refractivity contribution in [1.29, 1.82) is 0 Å². The smallest absolute Gasteiger partial charge is 0.186 e. The van der Waals surface area contributed by atoms with E-state index in [-0.39, 0.29) is 0 Å². The summed E-state index contributed by atoms with van der Waals surface area (Å²) >= 11 is 0. The quantitative estimate of drug-likeness (QED) is 0.316. The summed E-state index contributed by atoms with van der Waals surface area (Å²) in [6, 6.07) is 16.8. The molecule has 1 aromatic heterocycles. The standard InChI is InChI=1S/C28H26O/c1-17-14-19(3)25(20(4)15-17)27-24(13-12-23-10-8-7-9-11-23)29-28-22(6)18(2)16-21(5)26(27)28/h7-11,14-16H,1-6H3. The van der Waals surface area contributed by atoms with Gasteiger partial charge in [-0.05, 0) is 93.0 Å². The first-order valence-electron chi connectivity index (χ1n) is 10.1. The molecule has 0 saturated carbocycles. The Balaban J connectivity index is 2.09. The van der Waals surface area contributed by atoms with E-state index in [1.807, 2.05) is 30.3 Å². The van der Waals surface area contributed by atoms with Crippen molar-refractivity contribution in [1.82, 2.24) is 0 Å². The summed E-state index contributed by atoms with van der Waals surface area (Å²) in [5, 5.41) is 1.18. The number of hydrogen-bond acceptors (Lipinski definition) is 1. The largest absolute Gasteiger partial charge is 0.447 e. The lowest BCUT2D eigenvalue weighted by Gasteiger charge is -2.12. The van der Waals surface area contributed by atoms with Crippen LogP contribution in [0.1, 0.15) is 44.7 Å². The summed E-state index contributed by atoms with van der Waals surface area (Å²) in [6.07, 6.45) is 0. The van der Waals surface area contributed by atoms with Crippen LogP contribution in [-0.2, 0) is 0 Å². The van der Waals surface area contributed by atoms with E-state index >= 15 is 0 Å². The van der Waals surface area contributed by atoms with E-state index in [2.05, 4.69) is 71.6 Å². The Morgan fingerprint density at radius 2 is 1.31 bits per heavy atom. The maximum atomic E-state index is 6.43. The highest BCUT2D eigenvalue weighted by Crippen LogP contribution is 2.41. The van der Waals surface area contributed by atoms with E-state index in [4.69, 9.17) is 4.42 Å². The molecule has 0 unspecified atom stereocenters. The molecule has 144 valence electrons. The van der Waals surface area contributed by atoms with E-state index in [0.29, 0.717) is 0 Å². The molecule has 0 radical (unpaired) electrons. The Bertz CT molecular complexity index is 1270. The number of furan rings is 1. The van der Waals surface area contributed by atoms with Crippen LogP contribution >= 0.6 is 0 Å². The van der Waals surface area contributed by atoms with Crippen molar-refractivity contribution in [3.63, 3.8) is 0 Å². The van der Waals surface area contributed by atoms with Crippen molar-refractivity contribution in [2.24, 2.45) is 0 Å². The predicted molar refractivity (Wildman–Crippen MR) is 122 cm³/mol. The lowest BCUT2D eigenvalue weighted by Crippen LogP contribution is -1.93. The Hall–Kier alpha value is -3.24. The number of benzene rings is 3. The van der Waals surface area contributed by atoms with Gasteiger partial charge in [0.15, 0.2) is 5.76 Å². The van der Waals surface area contributed by atoms with Gasteiger partial charge in [-0.2, -0.15) is 0 Å². The molecule has 0 aliphatic heterocycles. The van der Waals surface area contributed by atoms with Crippen LogP contribution in [0.3, 0.4) is 0 Å². The minimum absolute atomic E-state index is 0.746. The monoisotopic (exact) mass is 378 g/mol. The molecule has 0 bridgehead atoms. The lowest BCUT2D eigenvalue weighted by molar-refractivity contribution is 0.599. The van der Waals surface area contributed by atoms with E-state index in [1.54, 1.807) is 0 Å². The van der Waals surface area contributed by atoms with Crippen LogP contribution in [0.25, 0.3) is 22.1 Å². The van der Waals surface area contributed by atoms with Gasteiger partial charge in [0.05, 0.1) is 0 Å². The van der Waals surface area contributed by atoms with Crippen molar-refractivity contribution in [3.05, 3.63) is 93.2 Å². The van der Waals surface area contributed by atoms with Gasteiger partial charge in [0.2, 0.25) is 0 Å². The van der Waals surface area contributed by atoms with Gasteiger partial charge < -0.3 is 4.42 Å². The SMILES string of the molecule is Cc1cc(C)c(-c2c(C#Cc3ccccc3)oc3c(C)c(C)cc(C)c23)c(C)c1. The summed E-state index contributed by atoms with van der Waals surface area (Å²) in [4.78, 5) is 0. The Kier molecular flexibility index (Phi) is 4.81. The molecule has 0 N–H and O–H groups in total. The average Bonchev–Trinajstić information content (AvgIpc) is 3.04. The summed E-state index contributed by atoms with van der Waals surface area (Å²) in [5.74, 6) is 7.38. The zero-order chi connectivity index (χ0) is 20.7.